The smallest absolute Gasteiger partial charge is 0.326 e. The van der Waals surface area contributed by atoms with Crippen molar-refractivity contribution in [3.8, 4) is 0 Å². The number of para-hydroxylation sites is 1. The monoisotopic (exact) mass is 638 g/mol. The van der Waals surface area contributed by atoms with E-state index in [9.17, 15) is 24.3 Å². The molecular formula is C31H28Cl2N4O7. The molecule has 0 radical (unpaired) electrons. The Hall–Kier alpha value is -4.42. The van der Waals surface area contributed by atoms with Gasteiger partial charge >= 0.3 is 5.97 Å². The number of nitrogens with one attached hydrogen (secondary N) is 3. The molecule has 228 valence electrons. The lowest BCUT2D eigenvalue weighted by Gasteiger charge is -2.25. The minimum Gasteiger partial charge on any atom is -0.480 e. The summed E-state index contributed by atoms with van der Waals surface area (Å²) in [6.45, 7) is 1.80. The molecule has 4 N–H and O–H groups in total. The number of H-pyrrole nitrogens is 1. The Kier molecular flexibility index (Phi) is 9.50. The Morgan fingerprint density at radius 1 is 0.977 bits per heavy atom. The number of carboxylic acids is 1. The average Bonchev–Trinajstić information content (AvgIpc) is 3.66. The Labute approximate surface area is 262 Å². The fraction of sp³-hybridized carbons (Fsp3) is 0.226. The van der Waals surface area contributed by atoms with Crippen LogP contribution < -0.4 is 15.5 Å². The van der Waals surface area contributed by atoms with E-state index in [0.29, 0.717) is 23.5 Å². The van der Waals surface area contributed by atoms with Crippen LogP contribution in [0.15, 0.2) is 72.9 Å². The normalized spacial score (nSPS) is 16.8. The number of rotatable bonds is 10. The molecule has 1 unspecified atom stereocenters. The highest BCUT2D eigenvalue weighted by Crippen LogP contribution is 2.29. The summed E-state index contributed by atoms with van der Waals surface area (Å²) in [6.07, 6.45) is -0.987. The topological polar surface area (TPSA) is 150 Å². The summed E-state index contributed by atoms with van der Waals surface area (Å²) in [7, 11) is 0. The van der Waals surface area contributed by atoms with Crippen molar-refractivity contribution in [3.05, 3.63) is 94.1 Å². The van der Waals surface area contributed by atoms with Crippen LogP contribution in [-0.2, 0) is 30.3 Å². The van der Waals surface area contributed by atoms with Gasteiger partial charge in [-0.05, 0) is 42.8 Å². The molecule has 1 fully saturated rings. The molecule has 44 heavy (non-hydrogen) atoms. The minimum atomic E-state index is -1.35. The minimum absolute atomic E-state index is 0.0751. The first-order valence-corrected chi connectivity index (χ1v) is 14.4. The van der Waals surface area contributed by atoms with E-state index in [-0.39, 0.29) is 28.8 Å². The second-order valence-electron chi connectivity index (χ2n) is 9.95. The first kappa shape index (κ1) is 31.0. The molecule has 0 bridgehead atoms. The summed E-state index contributed by atoms with van der Waals surface area (Å²) in [6, 6.07) is 17.3. The Morgan fingerprint density at radius 2 is 1.66 bits per heavy atom. The van der Waals surface area contributed by atoms with E-state index >= 15 is 0 Å². The molecule has 2 heterocycles. The van der Waals surface area contributed by atoms with Crippen LogP contribution in [-0.4, -0.2) is 65.4 Å². The number of hydrogen-bond donors (Lipinski definition) is 4. The predicted molar refractivity (Wildman–Crippen MR) is 165 cm³/mol. The van der Waals surface area contributed by atoms with E-state index in [4.69, 9.17) is 32.7 Å². The maximum absolute atomic E-state index is 13.5. The number of aromatic amines is 1. The van der Waals surface area contributed by atoms with Gasteiger partial charge in [-0.3, -0.25) is 14.4 Å². The van der Waals surface area contributed by atoms with Crippen molar-refractivity contribution in [1.29, 1.82) is 0 Å². The number of nitrogens with zero attached hydrogens (tertiary/aromatic N) is 1. The highest BCUT2D eigenvalue weighted by atomic mass is 35.5. The van der Waals surface area contributed by atoms with Gasteiger partial charge in [0.1, 0.15) is 12.8 Å². The Morgan fingerprint density at radius 3 is 2.34 bits per heavy atom. The van der Waals surface area contributed by atoms with Crippen molar-refractivity contribution in [2.45, 2.75) is 31.6 Å². The van der Waals surface area contributed by atoms with Gasteiger partial charge in [0, 0.05) is 35.8 Å². The number of carbonyl (C=O) groups excluding carboxylic acids is 3. The summed E-state index contributed by atoms with van der Waals surface area (Å²) >= 11 is 12.2. The number of ether oxygens (including phenoxy) is 2. The maximum atomic E-state index is 13.5. The highest BCUT2D eigenvalue weighted by Gasteiger charge is 2.43. The number of anilines is 2. The second kappa shape index (κ2) is 13.5. The van der Waals surface area contributed by atoms with E-state index in [1.54, 1.807) is 55.6 Å². The number of carbonyl (C=O) groups is 4. The fourth-order valence-corrected chi connectivity index (χ4v) is 5.54. The summed E-state index contributed by atoms with van der Waals surface area (Å²) in [5.41, 5.74) is 2.60. The van der Waals surface area contributed by atoms with Crippen LogP contribution in [0.4, 0.5) is 11.4 Å². The van der Waals surface area contributed by atoms with Gasteiger partial charge in [0.2, 0.25) is 0 Å². The molecule has 5 rings (SSSR count). The number of likely N-dealkylation sites (N-methyl/N-ethyl adjacent to an activating group) is 1. The molecule has 0 aliphatic carbocycles. The zero-order chi connectivity index (χ0) is 31.4. The largest absolute Gasteiger partial charge is 0.480 e. The standard InChI is InChI=1S/C31H28Cl2N4O7/c1-2-37(24-15-34-22-9-4-3-6-19(22)24)30(40)27-26(43-16-44-27)29(39)36-23(31(41)42)14-17-10-12-18(13-11-17)35-28(38)25-20(32)7-5-8-21(25)33/h3-13,15,23,26-27,34H,2,14,16H2,1H3,(H,35,38)(H,36,39)(H,41,42)/t23?,26-,27-/m1/s1. The SMILES string of the molecule is CCN(C(=O)[C@@H]1OCO[C@H]1C(=O)NC(Cc1ccc(NC(=O)c2c(Cl)cccc2Cl)cc1)C(=O)O)c1c[nH]c2ccccc12. The van der Waals surface area contributed by atoms with Crippen molar-refractivity contribution in [1.82, 2.24) is 10.3 Å². The van der Waals surface area contributed by atoms with Crippen molar-refractivity contribution in [2.75, 3.05) is 23.6 Å². The third-order valence-corrected chi connectivity index (χ3v) is 7.80. The van der Waals surface area contributed by atoms with Crippen molar-refractivity contribution < 1.29 is 33.8 Å². The molecule has 0 saturated carbocycles. The van der Waals surface area contributed by atoms with Crippen LogP contribution in [0, 0.1) is 0 Å². The number of amides is 3. The van der Waals surface area contributed by atoms with Crippen molar-refractivity contribution >= 4 is 69.2 Å². The summed E-state index contributed by atoms with van der Waals surface area (Å²) in [4.78, 5) is 56.1. The van der Waals surface area contributed by atoms with Crippen LogP contribution in [0.1, 0.15) is 22.8 Å². The zero-order valence-electron chi connectivity index (χ0n) is 23.4. The molecule has 4 aromatic rings. The predicted octanol–water partition coefficient (Wildman–Crippen LogP) is 4.63. The van der Waals surface area contributed by atoms with Gasteiger partial charge in [0.25, 0.3) is 17.7 Å². The molecular weight excluding hydrogens is 611 g/mol. The molecule has 3 aromatic carbocycles. The first-order chi connectivity index (χ1) is 21.2. The van der Waals surface area contributed by atoms with Gasteiger partial charge in [-0.2, -0.15) is 0 Å². The zero-order valence-corrected chi connectivity index (χ0v) is 24.9. The molecule has 0 spiro atoms. The molecule has 1 aliphatic rings. The van der Waals surface area contributed by atoms with Crippen LogP contribution in [0.3, 0.4) is 0 Å². The van der Waals surface area contributed by atoms with Gasteiger partial charge in [-0.1, -0.05) is 59.6 Å². The number of aliphatic carboxylic acids is 1. The number of aromatic nitrogens is 1. The van der Waals surface area contributed by atoms with Crippen LogP contribution in [0.5, 0.6) is 0 Å². The fourth-order valence-electron chi connectivity index (χ4n) is 4.97. The lowest BCUT2D eigenvalue weighted by molar-refractivity contribution is -0.144. The third kappa shape index (κ3) is 6.56. The molecule has 3 amide bonds. The first-order valence-electron chi connectivity index (χ1n) is 13.7. The lowest BCUT2D eigenvalue weighted by Crippen LogP contribution is -2.53. The number of hydrogen-bond acceptors (Lipinski definition) is 6. The average molecular weight is 639 g/mol. The Balaban J connectivity index is 1.24. The van der Waals surface area contributed by atoms with E-state index in [1.807, 2.05) is 24.3 Å². The van der Waals surface area contributed by atoms with Crippen LogP contribution in [0.2, 0.25) is 10.0 Å². The van der Waals surface area contributed by atoms with Gasteiger partial charge < -0.3 is 35.1 Å². The van der Waals surface area contributed by atoms with Crippen LogP contribution in [0.25, 0.3) is 10.9 Å². The number of benzene rings is 3. The van der Waals surface area contributed by atoms with Gasteiger partial charge in [0.05, 0.1) is 21.3 Å². The number of carboxylic acid groups (broad SMARTS) is 1. The van der Waals surface area contributed by atoms with E-state index in [2.05, 4.69) is 15.6 Å². The third-order valence-electron chi connectivity index (χ3n) is 7.17. The van der Waals surface area contributed by atoms with Gasteiger partial charge in [0.15, 0.2) is 12.2 Å². The van der Waals surface area contributed by atoms with Crippen molar-refractivity contribution in [2.24, 2.45) is 0 Å². The maximum Gasteiger partial charge on any atom is 0.326 e. The highest BCUT2D eigenvalue weighted by molar-refractivity contribution is 6.40. The van der Waals surface area contributed by atoms with E-state index in [1.165, 1.54) is 4.90 Å². The summed E-state index contributed by atoms with van der Waals surface area (Å²) in [5, 5.41) is 16.3. The molecule has 1 aliphatic heterocycles. The van der Waals surface area contributed by atoms with Crippen molar-refractivity contribution in [3.63, 3.8) is 0 Å². The van der Waals surface area contributed by atoms with E-state index in [0.717, 1.165) is 10.9 Å². The van der Waals surface area contributed by atoms with Gasteiger partial charge in [-0.15, -0.1) is 0 Å². The second-order valence-corrected chi connectivity index (χ2v) is 10.8. The Bertz CT molecular complexity index is 1690. The summed E-state index contributed by atoms with van der Waals surface area (Å²) < 4.78 is 11.0. The molecule has 13 heteroatoms. The molecule has 1 aromatic heterocycles. The lowest BCUT2D eigenvalue weighted by atomic mass is 10.0. The molecule has 11 nitrogen and oxygen atoms in total. The van der Waals surface area contributed by atoms with Crippen LogP contribution >= 0.6 is 23.2 Å². The van der Waals surface area contributed by atoms with Gasteiger partial charge in [-0.25, -0.2) is 4.79 Å². The molecule has 3 atom stereocenters. The molecule has 1 saturated heterocycles. The quantitative estimate of drug-likeness (QED) is 0.198. The van der Waals surface area contributed by atoms with E-state index < -0.39 is 41.9 Å². The number of halogens is 2. The summed E-state index contributed by atoms with van der Waals surface area (Å²) in [5.74, 6) is -3.06. The number of fused-ring (bicyclic) bond motifs is 1.